The number of allylic oxidation sites excluding steroid dienone is 2. The molecule has 41 heavy (non-hydrogen) atoms. The lowest BCUT2D eigenvalue weighted by Crippen LogP contribution is -2.48. The van der Waals surface area contributed by atoms with Gasteiger partial charge in [0.05, 0.1) is 24.6 Å². The molecule has 2 saturated heterocycles. The fourth-order valence-electron chi connectivity index (χ4n) is 7.36. The van der Waals surface area contributed by atoms with Crippen LogP contribution in [0, 0.1) is 17.1 Å². The van der Waals surface area contributed by atoms with Gasteiger partial charge in [-0.3, -0.25) is 20.0 Å². The number of methoxy groups -OCH3 is 1. The van der Waals surface area contributed by atoms with Gasteiger partial charge < -0.3 is 14.7 Å². The number of pyridine rings is 1. The van der Waals surface area contributed by atoms with Crippen molar-refractivity contribution in [3.05, 3.63) is 53.3 Å². The van der Waals surface area contributed by atoms with Crippen molar-refractivity contribution in [1.82, 2.24) is 19.7 Å². The molecule has 3 aliphatic rings. The van der Waals surface area contributed by atoms with Crippen LogP contribution in [0.25, 0.3) is 22.0 Å². The minimum atomic E-state index is -0.485. The van der Waals surface area contributed by atoms with Gasteiger partial charge in [-0.15, -0.1) is 0 Å². The molecule has 6 rings (SSSR count). The maximum atomic E-state index is 14.3. The maximum Gasteiger partial charge on any atom is 0.248 e. The van der Waals surface area contributed by atoms with Crippen molar-refractivity contribution in [2.75, 3.05) is 13.7 Å². The Morgan fingerprint density at radius 2 is 1.88 bits per heavy atom. The Hall–Kier alpha value is -3.92. The predicted octanol–water partition coefficient (Wildman–Crippen LogP) is 4.62. The number of carbonyl (C=O) groups is 2. The summed E-state index contributed by atoms with van der Waals surface area (Å²) < 4.78 is 21.1. The highest BCUT2D eigenvalue weighted by Gasteiger charge is 2.45. The van der Waals surface area contributed by atoms with Crippen LogP contribution in [0.5, 0.6) is 5.75 Å². The average Bonchev–Trinajstić information content (AvgIpc) is 3.51. The van der Waals surface area contributed by atoms with Crippen molar-refractivity contribution in [3.63, 3.8) is 0 Å². The summed E-state index contributed by atoms with van der Waals surface area (Å²) in [5.74, 6) is -0.293. The molecule has 0 spiro atoms. The number of hydrogen-bond donors (Lipinski definition) is 2. The van der Waals surface area contributed by atoms with Crippen molar-refractivity contribution in [3.8, 4) is 16.9 Å². The van der Waals surface area contributed by atoms with E-state index >= 15 is 0 Å². The van der Waals surface area contributed by atoms with Crippen molar-refractivity contribution in [2.45, 2.75) is 70.4 Å². The molecule has 10 heteroatoms. The zero-order chi connectivity index (χ0) is 29.0. The lowest BCUT2D eigenvalue weighted by atomic mass is 9.77. The zero-order valence-corrected chi connectivity index (χ0v) is 23.5. The topological polar surface area (TPSA) is 121 Å². The smallest absolute Gasteiger partial charge is 0.248 e. The van der Waals surface area contributed by atoms with Crippen LogP contribution < -0.4 is 4.74 Å². The molecular formula is C31H34FN5O4. The molecule has 5 heterocycles. The number of benzene rings is 1. The molecule has 3 aliphatic heterocycles. The van der Waals surface area contributed by atoms with Crippen molar-refractivity contribution in [1.29, 1.82) is 5.41 Å². The molecule has 1 amide bonds. The summed E-state index contributed by atoms with van der Waals surface area (Å²) in [6.07, 6.45) is 8.08. The highest BCUT2D eigenvalue weighted by molar-refractivity contribution is 6.21. The lowest BCUT2D eigenvalue weighted by molar-refractivity contribution is -0.139. The number of piperidine rings is 1. The van der Waals surface area contributed by atoms with E-state index < -0.39 is 12.4 Å². The molecule has 0 radical (unpaired) electrons. The van der Waals surface area contributed by atoms with Crippen LogP contribution in [0.4, 0.5) is 4.39 Å². The second kappa shape index (κ2) is 10.5. The first kappa shape index (κ1) is 27.3. The standard InChI is InChI=1S/C31H34FN5O4/c1-16-4-7-24(18-10-22-5-6-23(11-18)36(22)27(40)15-38)28(17(2)39)31(33)37-30(16)25(14-35-37)20-8-19-9-21(32)12-26(41-3)29(19)34-13-20/h8-9,12-14,16,18,22-23,33,38H,4-7,10-11,15H2,1-3H3/b28-24+,33-31?. The highest BCUT2D eigenvalue weighted by Crippen LogP contribution is 2.45. The molecule has 3 unspecified atom stereocenters. The number of Topliss-reactive ketones (excluding diaryl/α,β-unsaturated/α-hetero) is 1. The summed E-state index contributed by atoms with van der Waals surface area (Å²) in [5.41, 5.74) is 4.31. The number of halogens is 1. The van der Waals surface area contributed by atoms with Crippen molar-refractivity contribution >= 4 is 28.4 Å². The molecule has 3 aromatic rings. The van der Waals surface area contributed by atoms with E-state index in [4.69, 9.17) is 4.74 Å². The average molecular weight is 560 g/mol. The molecular weight excluding hydrogens is 525 g/mol. The molecule has 3 atom stereocenters. The number of ketones is 1. The lowest BCUT2D eigenvalue weighted by Gasteiger charge is -2.40. The fraction of sp³-hybridized carbons (Fsp3) is 0.452. The molecule has 1 aromatic carbocycles. The summed E-state index contributed by atoms with van der Waals surface area (Å²) in [6.45, 7) is 3.12. The van der Waals surface area contributed by atoms with Gasteiger partial charge >= 0.3 is 0 Å². The number of aliphatic hydroxyl groups excluding tert-OH is 1. The number of carbonyl (C=O) groups excluding carboxylic acids is 2. The van der Waals surface area contributed by atoms with E-state index in [0.717, 1.165) is 54.5 Å². The first-order chi connectivity index (χ1) is 19.7. The second-order valence-electron chi connectivity index (χ2n) is 11.5. The highest BCUT2D eigenvalue weighted by atomic mass is 19.1. The number of ether oxygens (including phenoxy) is 1. The Morgan fingerprint density at radius 1 is 1.15 bits per heavy atom. The third-order valence-electron chi connectivity index (χ3n) is 9.13. The van der Waals surface area contributed by atoms with Crippen LogP contribution in [0.15, 0.2) is 41.7 Å². The Kier molecular flexibility index (Phi) is 6.97. The normalized spacial score (nSPS) is 26.1. The Morgan fingerprint density at radius 3 is 2.54 bits per heavy atom. The van der Waals surface area contributed by atoms with Crippen LogP contribution in [-0.4, -0.2) is 68.1 Å². The number of rotatable bonds is 5. The monoisotopic (exact) mass is 559 g/mol. The van der Waals surface area contributed by atoms with E-state index in [2.05, 4.69) is 17.0 Å². The number of hydrogen-bond acceptors (Lipinski definition) is 7. The van der Waals surface area contributed by atoms with Crippen LogP contribution in [0.3, 0.4) is 0 Å². The van der Waals surface area contributed by atoms with E-state index in [1.807, 2.05) is 11.0 Å². The summed E-state index contributed by atoms with van der Waals surface area (Å²) in [4.78, 5) is 31.9. The minimum Gasteiger partial charge on any atom is -0.494 e. The van der Waals surface area contributed by atoms with Crippen LogP contribution in [0.1, 0.15) is 64.0 Å². The van der Waals surface area contributed by atoms with Crippen LogP contribution in [0.2, 0.25) is 0 Å². The Balaban J connectivity index is 1.40. The van der Waals surface area contributed by atoms with Gasteiger partial charge in [-0.25, -0.2) is 9.07 Å². The molecule has 2 aromatic heterocycles. The Labute approximate surface area is 237 Å². The summed E-state index contributed by atoms with van der Waals surface area (Å²) in [6, 6.07) is 4.67. The summed E-state index contributed by atoms with van der Waals surface area (Å²) >= 11 is 0. The first-order valence-corrected chi connectivity index (χ1v) is 14.2. The maximum absolute atomic E-state index is 14.3. The van der Waals surface area contributed by atoms with Gasteiger partial charge in [0.2, 0.25) is 5.91 Å². The number of nitrogens with zero attached hydrogens (tertiary/aromatic N) is 4. The minimum absolute atomic E-state index is 0.0156. The van der Waals surface area contributed by atoms with E-state index in [9.17, 15) is 24.5 Å². The van der Waals surface area contributed by atoms with E-state index in [0.29, 0.717) is 28.6 Å². The summed E-state index contributed by atoms with van der Waals surface area (Å²) in [5, 5.41) is 23.9. The number of aromatic nitrogens is 3. The number of amides is 1. The van der Waals surface area contributed by atoms with Crippen LogP contribution in [-0.2, 0) is 9.59 Å². The second-order valence-corrected chi connectivity index (χ2v) is 11.5. The third-order valence-corrected chi connectivity index (χ3v) is 9.13. The molecule has 214 valence electrons. The molecule has 2 fully saturated rings. The van der Waals surface area contributed by atoms with Crippen LogP contribution >= 0.6 is 0 Å². The first-order valence-electron chi connectivity index (χ1n) is 14.2. The largest absolute Gasteiger partial charge is 0.494 e. The summed E-state index contributed by atoms with van der Waals surface area (Å²) in [7, 11) is 1.48. The molecule has 2 bridgehead atoms. The number of fused-ring (bicyclic) bond motifs is 4. The SMILES string of the molecule is COc1cc(F)cc2cc(-c3cnn4c3C(C)CC/C(C3CC5CCC(C3)N5C(=O)CO)=C(/C(C)=O)C4=N)cnc12. The third kappa shape index (κ3) is 4.54. The van der Waals surface area contributed by atoms with Gasteiger partial charge in [0.25, 0.3) is 0 Å². The van der Waals surface area contributed by atoms with Gasteiger partial charge in [0.1, 0.15) is 23.7 Å². The molecule has 9 nitrogen and oxygen atoms in total. The van der Waals surface area contributed by atoms with Gasteiger partial charge in [0, 0.05) is 40.9 Å². The van der Waals surface area contributed by atoms with Crippen molar-refractivity contribution < 1.29 is 23.8 Å². The number of aliphatic hydroxyl groups is 1. The molecule has 0 aliphatic carbocycles. The molecule has 0 saturated carbocycles. The van der Waals surface area contributed by atoms with Crippen molar-refractivity contribution in [2.24, 2.45) is 5.92 Å². The van der Waals surface area contributed by atoms with E-state index in [1.54, 1.807) is 17.1 Å². The number of nitrogens with one attached hydrogen (secondary N) is 1. The predicted molar refractivity (Wildman–Crippen MR) is 151 cm³/mol. The fourth-order valence-corrected chi connectivity index (χ4v) is 7.36. The zero-order valence-electron chi connectivity index (χ0n) is 23.5. The van der Waals surface area contributed by atoms with Gasteiger partial charge in [-0.1, -0.05) is 12.5 Å². The Bertz CT molecular complexity index is 1600. The van der Waals surface area contributed by atoms with Gasteiger partial charge in [-0.2, -0.15) is 5.10 Å². The van der Waals surface area contributed by atoms with Gasteiger partial charge in [-0.05, 0) is 69.4 Å². The van der Waals surface area contributed by atoms with E-state index in [-0.39, 0.29) is 41.4 Å². The van der Waals surface area contributed by atoms with E-state index in [1.165, 1.54) is 26.2 Å². The van der Waals surface area contributed by atoms with Gasteiger partial charge in [0.15, 0.2) is 11.6 Å². The molecule has 2 N–H and O–H groups in total. The quantitative estimate of drug-likeness (QED) is 0.471.